The van der Waals surface area contributed by atoms with Crippen LogP contribution in [0, 0.1) is 0 Å². The Labute approximate surface area is 82.5 Å². The molecular formula is C10H14O2S. The second-order valence-corrected chi connectivity index (χ2v) is 4.12. The van der Waals surface area contributed by atoms with Crippen molar-refractivity contribution in [1.29, 1.82) is 0 Å². The smallest absolute Gasteiger partial charge is 0.310 e. The van der Waals surface area contributed by atoms with Crippen LogP contribution in [-0.4, -0.2) is 13.1 Å². The van der Waals surface area contributed by atoms with E-state index in [9.17, 15) is 4.79 Å². The molecule has 0 unspecified atom stereocenters. The third kappa shape index (κ3) is 3.19. The van der Waals surface area contributed by atoms with Crippen LogP contribution in [0.4, 0.5) is 0 Å². The maximum Gasteiger partial charge on any atom is 0.310 e. The minimum atomic E-state index is -0.162. The molecule has 0 amide bonds. The number of carbonyl (C=O) groups excluding carboxylic acids is 1. The normalized spacial score (nSPS) is 10.0. The largest absolute Gasteiger partial charge is 0.469 e. The molecule has 2 nitrogen and oxygen atoms in total. The molecule has 72 valence electrons. The van der Waals surface area contributed by atoms with Crippen LogP contribution in [0.5, 0.6) is 0 Å². The van der Waals surface area contributed by atoms with Crippen molar-refractivity contribution < 1.29 is 9.53 Å². The number of rotatable bonds is 4. The number of methoxy groups -OCH3 is 1. The van der Waals surface area contributed by atoms with Crippen LogP contribution in [0.2, 0.25) is 0 Å². The molecule has 0 N–H and O–H groups in total. The minimum Gasteiger partial charge on any atom is -0.469 e. The first-order chi connectivity index (χ1) is 6.26. The molecule has 0 saturated carbocycles. The zero-order chi connectivity index (χ0) is 9.68. The summed E-state index contributed by atoms with van der Waals surface area (Å²) in [5.41, 5.74) is 0. The zero-order valence-electron chi connectivity index (χ0n) is 8.00. The molecular weight excluding hydrogens is 184 g/mol. The number of thiophene rings is 1. The van der Waals surface area contributed by atoms with Gasteiger partial charge in [-0.05, 0) is 18.6 Å². The van der Waals surface area contributed by atoms with E-state index >= 15 is 0 Å². The number of hydrogen-bond acceptors (Lipinski definition) is 3. The van der Waals surface area contributed by atoms with Crippen molar-refractivity contribution in [2.24, 2.45) is 0 Å². The molecule has 1 aromatic heterocycles. The highest BCUT2D eigenvalue weighted by molar-refractivity contribution is 7.12. The summed E-state index contributed by atoms with van der Waals surface area (Å²) in [5.74, 6) is -0.162. The number of esters is 1. The Morgan fingerprint density at radius 3 is 2.77 bits per heavy atom. The van der Waals surface area contributed by atoms with E-state index < -0.39 is 0 Å². The number of ether oxygens (including phenoxy) is 1. The minimum absolute atomic E-state index is 0.162. The number of aryl methyl sites for hydroxylation is 1. The molecule has 1 aromatic rings. The Hall–Kier alpha value is -0.830. The van der Waals surface area contributed by atoms with Gasteiger partial charge in [0.25, 0.3) is 0 Å². The molecule has 1 heterocycles. The first kappa shape index (κ1) is 10.3. The van der Waals surface area contributed by atoms with E-state index in [1.165, 1.54) is 12.0 Å². The Morgan fingerprint density at radius 1 is 1.46 bits per heavy atom. The lowest BCUT2D eigenvalue weighted by molar-refractivity contribution is -0.139. The monoisotopic (exact) mass is 198 g/mol. The summed E-state index contributed by atoms with van der Waals surface area (Å²) in [6, 6.07) is 4.10. The molecule has 1 rings (SSSR count). The topological polar surface area (TPSA) is 26.3 Å². The molecule has 13 heavy (non-hydrogen) atoms. The van der Waals surface area contributed by atoms with Gasteiger partial charge >= 0.3 is 5.97 Å². The van der Waals surface area contributed by atoms with E-state index in [0.717, 1.165) is 17.7 Å². The lowest BCUT2D eigenvalue weighted by atomic mass is 10.3. The van der Waals surface area contributed by atoms with Gasteiger partial charge in [-0.25, -0.2) is 0 Å². The van der Waals surface area contributed by atoms with Gasteiger partial charge in [-0.1, -0.05) is 13.3 Å². The highest BCUT2D eigenvalue weighted by Crippen LogP contribution is 2.18. The number of carbonyl (C=O) groups is 1. The summed E-state index contributed by atoms with van der Waals surface area (Å²) in [6.45, 7) is 2.15. The van der Waals surface area contributed by atoms with Crippen molar-refractivity contribution in [2.45, 2.75) is 26.2 Å². The lowest BCUT2D eigenvalue weighted by Gasteiger charge is -1.94. The summed E-state index contributed by atoms with van der Waals surface area (Å²) in [6.07, 6.45) is 2.66. The van der Waals surface area contributed by atoms with Crippen LogP contribution in [0.15, 0.2) is 12.1 Å². The van der Waals surface area contributed by atoms with Crippen LogP contribution < -0.4 is 0 Å². The number of hydrogen-bond donors (Lipinski definition) is 0. The van der Waals surface area contributed by atoms with Crippen LogP contribution in [0.25, 0.3) is 0 Å². The summed E-state index contributed by atoms with van der Waals surface area (Å²) in [5, 5.41) is 0. The van der Waals surface area contributed by atoms with Crippen LogP contribution in [0.3, 0.4) is 0 Å². The first-order valence-corrected chi connectivity index (χ1v) is 5.22. The molecule has 0 bridgehead atoms. The van der Waals surface area contributed by atoms with Gasteiger partial charge in [0.15, 0.2) is 0 Å². The second kappa shape index (κ2) is 5.02. The Balaban J connectivity index is 2.53. The van der Waals surface area contributed by atoms with Gasteiger partial charge in [0.1, 0.15) is 0 Å². The van der Waals surface area contributed by atoms with E-state index in [1.807, 2.05) is 6.07 Å². The molecule has 0 saturated heterocycles. The van der Waals surface area contributed by atoms with Crippen molar-refractivity contribution in [3.63, 3.8) is 0 Å². The highest BCUT2D eigenvalue weighted by Gasteiger charge is 2.05. The third-order valence-electron chi connectivity index (χ3n) is 1.76. The van der Waals surface area contributed by atoms with E-state index in [4.69, 9.17) is 0 Å². The Kier molecular flexibility index (Phi) is 3.96. The predicted octanol–water partition coefficient (Wildman–Crippen LogP) is 2.42. The average Bonchev–Trinajstić information content (AvgIpc) is 2.53. The fraction of sp³-hybridized carbons (Fsp3) is 0.500. The molecule has 0 aliphatic rings. The third-order valence-corrected chi connectivity index (χ3v) is 2.90. The van der Waals surface area contributed by atoms with E-state index in [-0.39, 0.29) is 5.97 Å². The molecule has 0 radical (unpaired) electrons. The standard InChI is InChI=1S/C10H14O2S/c1-3-4-8-5-6-9(13-8)7-10(11)12-2/h5-6H,3-4,7H2,1-2H3. The van der Waals surface area contributed by atoms with Crippen molar-refractivity contribution in [3.8, 4) is 0 Å². The summed E-state index contributed by atoms with van der Waals surface area (Å²) < 4.78 is 4.59. The molecule has 0 spiro atoms. The van der Waals surface area contributed by atoms with Crippen molar-refractivity contribution in [3.05, 3.63) is 21.9 Å². The first-order valence-electron chi connectivity index (χ1n) is 4.40. The predicted molar refractivity (Wildman–Crippen MR) is 54.0 cm³/mol. The van der Waals surface area contributed by atoms with Crippen molar-refractivity contribution in [2.75, 3.05) is 7.11 Å². The van der Waals surface area contributed by atoms with Gasteiger partial charge in [0, 0.05) is 9.75 Å². The molecule has 0 aliphatic carbocycles. The van der Waals surface area contributed by atoms with Gasteiger partial charge in [0.05, 0.1) is 13.5 Å². The van der Waals surface area contributed by atoms with Crippen LogP contribution >= 0.6 is 11.3 Å². The maximum atomic E-state index is 10.9. The highest BCUT2D eigenvalue weighted by atomic mass is 32.1. The molecule has 0 atom stereocenters. The van der Waals surface area contributed by atoms with E-state index in [1.54, 1.807) is 11.3 Å². The van der Waals surface area contributed by atoms with Crippen molar-refractivity contribution >= 4 is 17.3 Å². The van der Waals surface area contributed by atoms with Gasteiger partial charge in [-0.3, -0.25) is 4.79 Å². The Morgan fingerprint density at radius 2 is 2.15 bits per heavy atom. The fourth-order valence-electron chi connectivity index (χ4n) is 1.11. The van der Waals surface area contributed by atoms with Gasteiger partial charge in [-0.2, -0.15) is 0 Å². The lowest BCUT2D eigenvalue weighted by Crippen LogP contribution is -2.02. The van der Waals surface area contributed by atoms with Gasteiger partial charge in [0.2, 0.25) is 0 Å². The maximum absolute atomic E-state index is 10.9. The zero-order valence-corrected chi connectivity index (χ0v) is 8.82. The van der Waals surface area contributed by atoms with Gasteiger partial charge < -0.3 is 4.74 Å². The molecule has 0 aromatic carbocycles. The Bertz CT molecular complexity index is 278. The summed E-state index contributed by atoms with van der Waals surface area (Å²) in [4.78, 5) is 13.4. The van der Waals surface area contributed by atoms with Gasteiger partial charge in [-0.15, -0.1) is 11.3 Å². The molecule has 0 aliphatic heterocycles. The average molecular weight is 198 g/mol. The van der Waals surface area contributed by atoms with Crippen LogP contribution in [0.1, 0.15) is 23.1 Å². The fourth-order valence-corrected chi connectivity index (χ4v) is 2.22. The van der Waals surface area contributed by atoms with E-state index in [2.05, 4.69) is 17.7 Å². The van der Waals surface area contributed by atoms with Crippen LogP contribution in [-0.2, 0) is 22.4 Å². The summed E-state index contributed by atoms with van der Waals surface area (Å²) in [7, 11) is 1.42. The van der Waals surface area contributed by atoms with E-state index in [0.29, 0.717) is 6.42 Å². The molecule has 0 fully saturated rings. The SMILES string of the molecule is CCCc1ccc(CC(=O)OC)s1. The van der Waals surface area contributed by atoms with Crippen molar-refractivity contribution in [1.82, 2.24) is 0 Å². The second-order valence-electron chi connectivity index (χ2n) is 2.87. The molecule has 3 heteroatoms. The quantitative estimate of drug-likeness (QED) is 0.694. The summed E-state index contributed by atoms with van der Waals surface area (Å²) >= 11 is 1.70.